The second kappa shape index (κ2) is 9.01. The summed E-state index contributed by atoms with van der Waals surface area (Å²) in [4.78, 5) is 12.4. The van der Waals surface area contributed by atoms with Gasteiger partial charge in [-0.1, -0.05) is 74.5 Å². The van der Waals surface area contributed by atoms with Gasteiger partial charge in [0.2, 0.25) is 11.8 Å². The van der Waals surface area contributed by atoms with Crippen molar-refractivity contribution in [3.05, 3.63) is 64.7 Å². The molecule has 0 aliphatic rings. The van der Waals surface area contributed by atoms with Gasteiger partial charge in [-0.2, -0.15) is 0 Å². The Kier molecular flexibility index (Phi) is 6.65. The molecule has 1 N–H and O–H groups in total. The standard InChI is InChI=1S/C22H24ClN3O2S/c1-14(19(27)24-13-16-7-5-6-8-18(16)23)29-21-26-25-20(28-21)15-9-11-17(12-10-15)22(2,3)4/h5-12,14H,13H2,1-4H3,(H,24,27)/t14-/m1/s1. The van der Waals surface area contributed by atoms with Crippen molar-refractivity contribution in [3.63, 3.8) is 0 Å². The molecule has 1 atom stereocenters. The van der Waals surface area contributed by atoms with Crippen LogP contribution in [0.2, 0.25) is 5.02 Å². The highest BCUT2D eigenvalue weighted by atomic mass is 35.5. The average molecular weight is 430 g/mol. The smallest absolute Gasteiger partial charge is 0.277 e. The maximum atomic E-state index is 12.4. The second-order valence-corrected chi connectivity index (χ2v) is 9.47. The third-order valence-corrected chi connectivity index (χ3v) is 5.77. The van der Waals surface area contributed by atoms with Crippen LogP contribution < -0.4 is 5.32 Å². The van der Waals surface area contributed by atoms with Crippen molar-refractivity contribution in [3.8, 4) is 11.5 Å². The molecule has 0 aliphatic heterocycles. The zero-order chi connectivity index (χ0) is 21.0. The van der Waals surface area contributed by atoms with Crippen molar-refractivity contribution in [2.24, 2.45) is 0 Å². The van der Waals surface area contributed by atoms with Crippen LogP contribution in [0.15, 0.2) is 58.2 Å². The Morgan fingerprint density at radius 3 is 2.48 bits per heavy atom. The first-order valence-electron chi connectivity index (χ1n) is 9.36. The van der Waals surface area contributed by atoms with Crippen molar-refractivity contribution in [1.82, 2.24) is 15.5 Å². The van der Waals surface area contributed by atoms with Gasteiger partial charge in [0, 0.05) is 17.1 Å². The lowest BCUT2D eigenvalue weighted by molar-refractivity contribution is -0.120. The lowest BCUT2D eigenvalue weighted by Gasteiger charge is -2.18. The summed E-state index contributed by atoms with van der Waals surface area (Å²) in [5, 5.41) is 11.7. The van der Waals surface area contributed by atoms with E-state index in [0.717, 1.165) is 11.1 Å². The number of nitrogens with zero attached hydrogens (tertiary/aromatic N) is 2. The second-order valence-electron chi connectivity index (χ2n) is 7.77. The highest BCUT2D eigenvalue weighted by Gasteiger charge is 2.19. The van der Waals surface area contributed by atoms with Gasteiger partial charge in [0.25, 0.3) is 5.22 Å². The molecule has 1 amide bonds. The zero-order valence-corrected chi connectivity index (χ0v) is 18.5. The van der Waals surface area contributed by atoms with Crippen LogP contribution in [-0.2, 0) is 16.8 Å². The predicted octanol–water partition coefficient (Wildman–Crippen LogP) is 5.48. The van der Waals surface area contributed by atoms with Gasteiger partial charge in [0.15, 0.2) is 0 Å². The van der Waals surface area contributed by atoms with E-state index >= 15 is 0 Å². The maximum Gasteiger partial charge on any atom is 0.277 e. The molecule has 0 saturated carbocycles. The molecule has 3 rings (SSSR count). The summed E-state index contributed by atoms with van der Waals surface area (Å²) in [6, 6.07) is 15.5. The summed E-state index contributed by atoms with van der Waals surface area (Å²) in [5.41, 5.74) is 3.05. The van der Waals surface area contributed by atoms with Crippen LogP contribution in [0.1, 0.15) is 38.8 Å². The van der Waals surface area contributed by atoms with E-state index in [0.29, 0.717) is 22.7 Å². The Morgan fingerprint density at radius 1 is 1.14 bits per heavy atom. The SMILES string of the molecule is C[C@@H](Sc1nnc(-c2ccc(C(C)(C)C)cc2)o1)C(=O)NCc1ccccc1Cl. The van der Waals surface area contributed by atoms with Gasteiger partial charge in [-0.3, -0.25) is 4.79 Å². The number of rotatable bonds is 6. The first-order valence-corrected chi connectivity index (χ1v) is 10.6. The van der Waals surface area contributed by atoms with Crippen molar-refractivity contribution < 1.29 is 9.21 Å². The van der Waals surface area contributed by atoms with E-state index in [1.807, 2.05) is 30.3 Å². The number of carbonyl (C=O) groups is 1. The lowest BCUT2D eigenvalue weighted by Crippen LogP contribution is -2.30. The molecule has 0 radical (unpaired) electrons. The number of aromatic nitrogens is 2. The molecule has 0 aliphatic carbocycles. The normalized spacial score (nSPS) is 12.6. The van der Waals surface area contributed by atoms with Gasteiger partial charge < -0.3 is 9.73 Å². The Balaban J connectivity index is 1.59. The summed E-state index contributed by atoms with van der Waals surface area (Å²) < 4.78 is 5.74. The van der Waals surface area contributed by atoms with E-state index in [1.165, 1.54) is 17.3 Å². The summed E-state index contributed by atoms with van der Waals surface area (Å²) >= 11 is 7.35. The number of halogens is 1. The van der Waals surface area contributed by atoms with E-state index in [1.54, 1.807) is 13.0 Å². The Morgan fingerprint density at radius 2 is 1.83 bits per heavy atom. The highest BCUT2D eigenvalue weighted by Crippen LogP contribution is 2.28. The quantitative estimate of drug-likeness (QED) is 0.525. The van der Waals surface area contributed by atoms with Crippen LogP contribution in [-0.4, -0.2) is 21.4 Å². The molecule has 0 unspecified atom stereocenters. The van der Waals surface area contributed by atoms with Crippen LogP contribution >= 0.6 is 23.4 Å². The van der Waals surface area contributed by atoms with Gasteiger partial charge in [-0.25, -0.2) is 0 Å². The fourth-order valence-corrected chi connectivity index (χ4v) is 3.57. The number of hydrogen-bond acceptors (Lipinski definition) is 5. The number of amides is 1. The van der Waals surface area contributed by atoms with Gasteiger partial charge >= 0.3 is 0 Å². The van der Waals surface area contributed by atoms with Crippen LogP contribution in [0, 0.1) is 0 Å². The third kappa shape index (κ3) is 5.61. The number of nitrogens with one attached hydrogen (secondary N) is 1. The molecule has 1 aromatic heterocycles. The van der Waals surface area contributed by atoms with E-state index in [9.17, 15) is 4.79 Å². The summed E-state index contributed by atoms with van der Waals surface area (Å²) in [6.45, 7) is 8.68. The minimum Gasteiger partial charge on any atom is -0.411 e. The van der Waals surface area contributed by atoms with E-state index < -0.39 is 0 Å². The topological polar surface area (TPSA) is 68.0 Å². The molecular formula is C22H24ClN3O2S. The Hall–Kier alpha value is -2.31. The van der Waals surface area contributed by atoms with Crippen molar-refractivity contribution in [2.45, 2.75) is 50.1 Å². The molecular weight excluding hydrogens is 406 g/mol. The summed E-state index contributed by atoms with van der Waals surface area (Å²) in [6.07, 6.45) is 0. The molecule has 29 heavy (non-hydrogen) atoms. The molecule has 0 bridgehead atoms. The molecule has 0 spiro atoms. The first kappa shape index (κ1) is 21.4. The first-order chi connectivity index (χ1) is 13.7. The van der Waals surface area contributed by atoms with E-state index in [2.05, 4.69) is 48.4 Å². The fraction of sp³-hybridized carbons (Fsp3) is 0.318. The van der Waals surface area contributed by atoms with Crippen molar-refractivity contribution in [2.75, 3.05) is 0 Å². The van der Waals surface area contributed by atoms with Gasteiger partial charge in [-0.05, 0) is 41.7 Å². The van der Waals surface area contributed by atoms with Crippen molar-refractivity contribution >= 4 is 29.3 Å². The minimum absolute atomic E-state index is 0.0845. The fourth-order valence-electron chi connectivity index (χ4n) is 2.66. The molecule has 3 aromatic rings. The number of benzene rings is 2. The van der Waals surface area contributed by atoms with Crippen molar-refractivity contribution in [1.29, 1.82) is 0 Å². The third-order valence-electron chi connectivity index (χ3n) is 4.46. The highest BCUT2D eigenvalue weighted by molar-refractivity contribution is 8.00. The van der Waals surface area contributed by atoms with Crippen LogP contribution in [0.25, 0.3) is 11.5 Å². The van der Waals surface area contributed by atoms with E-state index in [-0.39, 0.29) is 16.6 Å². The Labute approximate surface area is 180 Å². The number of thioether (sulfide) groups is 1. The Bertz CT molecular complexity index is 980. The number of carbonyl (C=O) groups excluding carboxylic acids is 1. The largest absolute Gasteiger partial charge is 0.411 e. The van der Waals surface area contributed by atoms with Gasteiger partial charge in [0.1, 0.15) is 0 Å². The molecule has 0 saturated heterocycles. The van der Waals surface area contributed by atoms with Gasteiger partial charge in [0.05, 0.1) is 5.25 Å². The minimum atomic E-state index is -0.381. The molecule has 7 heteroatoms. The summed E-state index contributed by atoms with van der Waals surface area (Å²) in [5.74, 6) is 0.320. The molecule has 2 aromatic carbocycles. The van der Waals surface area contributed by atoms with Gasteiger partial charge in [-0.15, -0.1) is 10.2 Å². The molecule has 5 nitrogen and oxygen atoms in total. The van der Waals surface area contributed by atoms with Crippen LogP contribution in [0.4, 0.5) is 0 Å². The van der Waals surface area contributed by atoms with E-state index in [4.69, 9.17) is 16.0 Å². The molecule has 1 heterocycles. The molecule has 152 valence electrons. The lowest BCUT2D eigenvalue weighted by atomic mass is 9.87. The van der Waals surface area contributed by atoms with Crippen LogP contribution in [0.3, 0.4) is 0 Å². The maximum absolute atomic E-state index is 12.4. The monoisotopic (exact) mass is 429 g/mol. The molecule has 0 fully saturated rings. The average Bonchev–Trinajstić information content (AvgIpc) is 3.15. The predicted molar refractivity (Wildman–Crippen MR) is 117 cm³/mol. The summed E-state index contributed by atoms with van der Waals surface area (Å²) in [7, 11) is 0. The number of hydrogen-bond donors (Lipinski definition) is 1. The zero-order valence-electron chi connectivity index (χ0n) is 16.9. The van der Waals surface area contributed by atoms with Crippen LogP contribution in [0.5, 0.6) is 0 Å².